The fourth-order valence-corrected chi connectivity index (χ4v) is 2.46. The van der Waals surface area contributed by atoms with Crippen LogP contribution in [0.4, 0.5) is 11.4 Å². The molecule has 0 N–H and O–H groups in total. The summed E-state index contributed by atoms with van der Waals surface area (Å²) in [6.45, 7) is 4.00. The van der Waals surface area contributed by atoms with E-state index in [2.05, 4.69) is 22.9 Å². The number of fused-ring (bicyclic) bond motifs is 1. The molecule has 16 heavy (non-hydrogen) atoms. The van der Waals surface area contributed by atoms with E-state index in [9.17, 15) is 4.79 Å². The molecule has 0 spiro atoms. The van der Waals surface area contributed by atoms with Gasteiger partial charge in [-0.3, -0.25) is 4.79 Å². The Hall–Kier alpha value is -1.03. The summed E-state index contributed by atoms with van der Waals surface area (Å²) in [6.07, 6.45) is 0. The highest BCUT2D eigenvalue weighted by Gasteiger charge is 2.32. The SMILES string of the molecule is Cc1c(Br)ccc2c1N(C)C(C)C(=O)N2C. The normalized spacial score (nSPS) is 20.1. The molecule has 86 valence electrons. The van der Waals surface area contributed by atoms with E-state index in [1.807, 2.05) is 38.1 Å². The van der Waals surface area contributed by atoms with E-state index in [1.165, 1.54) is 5.56 Å². The summed E-state index contributed by atoms with van der Waals surface area (Å²) in [5.41, 5.74) is 3.28. The second-order valence-electron chi connectivity index (χ2n) is 4.22. The zero-order chi connectivity index (χ0) is 12.0. The average Bonchev–Trinajstić information content (AvgIpc) is 2.27. The van der Waals surface area contributed by atoms with Crippen LogP contribution in [0.25, 0.3) is 0 Å². The lowest BCUT2D eigenvalue weighted by atomic mass is 10.0. The number of nitrogens with zero attached hydrogens (tertiary/aromatic N) is 2. The van der Waals surface area contributed by atoms with Gasteiger partial charge in [0.25, 0.3) is 0 Å². The van der Waals surface area contributed by atoms with Gasteiger partial charge in [-0.15, -0.1) is 0 Å². The van der Waals surface area contributed by atoms with Gasteiger partial charge in [0.15, 0.2) is 0 Å². The van der Waals surface area contributed by atoms with Crippen molar-refractivity contribution < 1.29 is 4.79 Å². The molecule has 1 unspecified atom stereocenters. The van der Waals surface area contributed by atoms with Crippen LogP contribution in [0.3, 0.4) is 0 Å². The van der Waals surface area contributed by atoms with Gasteiger partial charge in [0, 0.05) is 18.6 Å². The third-order valence-corrected chi connectivity index (χ3v) is 4.19. The van der Waals surface area contributed by atoms with Crippen LogP contribution in [0.15, 0.2) is 16.6 Å². The summed E-state index contributed by atoms with van der Waals surface area (Å²) < 4.78 is 1.08. The fourth-order valence-electron chi connectivity index (χ4n) is 2.14. The van der Waals surface area contributed by atoms with Crippen molar-refractivity contribution in [3.63, 3.8) is 0 Å². The molecule has 1 aliphatic heterocycles. The summed E-state index contributed by atoms with van der Waals surface area (Å²) in [6, 6.07) is 3.86. The van der Waals surface area contributed by atoms with Crippen LogP contribution in [-0.2, 0) is 4.79 Å². The second-order valence-corrected chi connectivity index (χ2v) is 5.08. The minimum Gasteiger partial charge on any atom is -0.361 e. The minimum absolute atomic E-state index is 0.106. The number of carbonyl (C=O) groups is 1. The largest absolute Gasteiger partial charge is 0.361 e. The first kappa shape index (κ1) is 11.5. The van der Waals surface area contributed by atoms with Gasteiger partial charge >= 0.3 is 0 Å². The maximum Gasteiger partial charge on any atom is 0.249 e. The van der Waals surface area contributed by atoms with Crippen LogP contribution in [-0.4, -0.2) is 26.0 Å². The van der Waals surface area contributed by atoms with Gasteiger partial charge < -0.3 is 9.80 Å². The molecule has 1 amide bonds. The van der Waals surface area contributed by atoms with Crippen molar-refractivity contribution in [1.29, 1.82) is 0 Å². The molecule has 1 atom stereocenters. The Labute approximate surface area is 104 Å². The van der Waals surface area contributed by atoms with E-state index in [-0.39, 0.29) is 11.9 Å². The number of likely N-dealkylation sites (N-methyl/N-ethyl adjacent to an activating group) is 2. The zero-order valence-corrected chi connectivity index (χ0v) is 11.5. The van der Waals surface area contributed by atoms with Crippen molar-refractivity contribution in [1.82, 2.24) is 0 Å². The third-order valence-electron chi connectivity index (χ3n) is 3.33. The molecule has 1 aromatic carbocycles. The summed E-state index contributed by atoms with van der Waals surface area (Å²) in [4.78, 5) is 15.7. The van der Waals surface area contributed by atoms with E-state index >= 15 is 0 Å². The van der Waals surface area contributed by atoms with Gasteiger partial charge in [-0.05, 0) is 31.5 Å². The van der Waals surface area contributed by atoms with E-state index in [1.54, 1.807) is 4.90 Å². The molecule has 0 aliphatic carbocycles. The van der Waals surface area contributed by atoms with Crippen LogP contribution < -0.4 is 9.80 Å². The highest BCUT2D eigenvalue weighted by atomic mass is 79.9. The molecule has 1 aliphatic rings. The van der Waals surface area contributed by atoms with Gasteiger partial charge in [0.05, 0.1) is 11.4 Å². The molecular weight excluding hydrogens is 268 g/mol. The van der Waals surface area contributed by atoms with E-state index < -0.39 is 0 Å². The molecule has 0 aromatic heterocycles. The Morgan fingerprint density at radius 3 is 2.56 bits per heavy atom. The van der Waals surface area contributed by atoms with E-state index in [0.717, 1.165) is 15.8 Å². The van der Waals surface area contributed by atoms with Crippen LogP contribution >= 0.6 is 15.9 Å². The van der Waals surface area contributed by atoms with Crippen molar-refractivity contribution in [2.45, 2.75) is 19.9 Å². The van der Waals surface area contributed by atoms with Crippen molar-refractivity contribution >= 4 is 33.2 Å². The summed E-state index contributed by atoms with van der Waals surface area (Å²) in [7, 11) is 3.80. The number of halogens is 1. The number of carbonyl (C=O) groups excluding carboxylic acids is 1. The van der Waals surface area contributed by atoms with Gasteiger partial charge in [-0.2, -0.15) is 0 Å². The molecule has 0 fully saturated rings. The summed E-state index contributed by atoms with van der Waals surface area (Å²) in [5.74, 6) is 0.136. The van der Waals surface area contributed by atoms with Crippen LogP contribution in [0.5, 0.6) is 0 Å². The predicted molar refractivity (Wildman–Crippen MR) is 70.2 cm³/mol. The average molecular weight is 283 g/mol. The van der Waals surface area contributed by atoms with Gasteiger partial charge in [-0.1, -0.05) is 15.9 Å². The van der Waals surface area contributed by atoms with Gasteiger partial charge in [0.1, 0.15) is 6.04 Å². The zero-order valence-electron chi connectivity index (χ0n) is 9.91. The van der Waals surface area contributed by atoms with Crippen molar-refractivity contribution in [2.75, 3.05) is 23.9 Å². The topological polar surface area (TPSA) is 23.6 Å². The molecule has 1 aromatic rings. The Morgan fingerprint density at radius 1 is 1.31 bits per heavy atom. The van der Waals surface area contributed by atoms with E-state index in [0.29, 0.717) is 0 Å². The lowest BCUT2D eigenvalue weighted by Crippen LogP contribution is -2.49. The second kappa shape index (κ2) is 3.77. The van der Waals surface area contributed by atoms with Crippen LogP contribution in [0.1, 0.15) is 12.5 Å². The Morgan fingerprint density at radius 2 is 1.94 bits per heavy atom. The monoisotopic (exact) mass is 282 g/mol. The summed E-state index contributed by atoms with van der Waals surface area (Å²) >= 11 is 3.53. The molecular formula is C12H15BrN2O. The molecule has 1 heterocycles. The molecule has 0 saturated heterocycles. The van der Waals surface area contributed by atoms with Gasteiger partial charge in [0.2, 0.25) is 5.91 Å². The summed E-state index contributed by atoms with van der Waals surface area (Å²) in [5, 5.41) is 0. The van der Waals surface area contributed by atoms with Gasteiger partial charge in [-0.25, -0.2) is 0 Å². The number of amides is 1. The van der Waals surface area contributed by atoms with Crippen molar-refractivity contribution in [2.24, 2.45) is 0 Å². The Balaban J connectivity index is 2.68. The maximum atomic E-state index is 12.0. The lowest BCUT2D eigenvalue weighted by Gasteiger charge is -2.39. The third kappa shape index (κ3) is 1.44. The van der Waals surface area contributed by atoms with E-state index in [4.69, 9.17) is 0 Å². The first-order chi connectivity index (χ1) is 7.45. The highest BCUT2D eigenvalue weighted by molar-refractivity contribution is 9.10. The lowest BCUT2D eigenvalue weighted by molar-refractivity contribution is -0.119. The number of rotatable bonds is 0. The number of anilines is 2. The quantitative estimate of drug-likeness (QED) is 0.730. The predicted octanol–water partition coefficient (Wildman–Crippen LogP) is 2.56. The molecule has 4 heteroatoms. The highest BCUT2D eigenvalue weighted by Crippen LogP contribution is 2.39. The molecule has 0 saturated carbocycles. The molecule has 3 nitrogen and oxygen atoms in total. The smallest absolute Gasteiger partial charge is 0.249 e. The van der Waals surface area contributed by atoms with Crippen LogP contribution in [0, 0.1) is 6.92 Å². The molecule has 2 rings (SSSR count). The first-order valence-electron chi connectivity index (χ1n) is 5.24. The molecule has 0 bridgehead atoms. The standard InChI is InChI=1S/C12H15BrN2O/c1-7-9(13)5-6-10-11(7)14(3)8(2)12(16)15(10)4/h5-6,8H,1-4H3. The number of benzene rings is 1. The van der Waals surface area contributed by atoms with Crippen molar-refractivity contribution in [3.05, 3.63) is 22.2 Å². The maximum absolute atomic E-state index is 12.0. The molecule has 0 radical (unpaired) electrons. The first-order valence-corrected chi connectivity index (χ1v) is 6.04. The minimum atomic E-state index is -0.106. The Kier molecular flexibility index (Phi) is 2.70. The fraction of sp³-hybridized carbons (Fsp3) is 0.417. The van der Waals surface area contributed by atoms with Crippen LogP contribution in [0.2, 0.25) is 0 Å². The Bertz CT molecular complexity index is 459. The number of hydrogen-bond acceptors (Lipinski definition) is 2. The number of hydrogen-bond donors (Lipinski definition) is 0. The van der Waals surface area contributed by atoms with Crippen molar-refractivity contribution in [3.8, 4) is 0 Å².